The third-order valence-electron chi connectivity index (χ3n) is 9.24. The number of benzene rings is 3. The minimum absolute atomic E-state index is 0.0838. The van der Waals surface area contributed by atoms with Gasteiger partial charge >= 0.3 is 5.97 Å². The van der Waals surface area contributed by atoms with Gasteiger partial charge < -0.3 is 73.3 Å². The third kappa shape index (κ3) is 8.32. The van der Waals surface area contributed by atoms with E-state index < -0.39 is 61.2 Å². The molecule has 6 N–H and O–H groups in total. The molecule has 0 spiro atoms. The molecule has 2 aliphatic heterocycles. The molecule has 2 aliphatic rings. The quantitative estimate of drug-likeness (QED) is 0.103. The monoisotopic (exact) mass is 744 g/mol. The van der Waals surface area contributed by atoms with Gasteiger partial charge in [0.2, 0.25) is 11.5 Å². The van der Waals surface area contributed by atoms with Gasteiger partial charge in [0.05, 0.1) is 61.0 Å². The maximum Gasteiger partial charge on any atom is 0.331 e. The van der Waals surface area contributed by atoms with Crippen LogP contribution in [-0.2, 0) is 23.7 Å². The fourth-order valence-corrected chi connectivity index (χ4v) is 6.44. The first-order chi connectivity index (χ1) is 25.5. The van der Waals surface area contributed by atoms with Gasteiger partial charge in [-0.2, -0.15) is 0 Å². The SMILES string of the molecule is COc1cc(C=CC(=O)O[C@H]2[C@H](OC[C@@H]3[C@@H](CO)[C@H](c4cc(OC)c(O)c(OC)c4)O[C@@H]3c3cc(OC)c(O)c(OC)c3)OC[C@@H](O)[C@@H]2O)ccc1O. The highest BCUT2D eigenvalue weighted by molar-refractivity contribution is 5.87. The number of hydrogen-bond donors (Lipinski definition) is 6. The van der Waals surface area contributed by atoms with E-state index in [0.29, 0.717) is 16.7 Å². The zero-order valence-electron chi connectivity index (χ0n) is 29.7. The number of methoxy groups -OCH3 is 5. The maximum atomic E-state index is 12.9. The first-order valence-electron chi connectivity index (χ1n) is 16.5. The van der Waals surface area contributed by atoms with Crippen molar-refractivity contribution in [1.82, 2.24) is 0 Å². The summed E-state index contributed by atoms with van der Waals surface area (Å²) in [6.45, 7) is -0.945. The maximum absolute atomic E-state index is 12.9. The molecule has 5 rings (SSSR count). The Bertz CT molecular complexity index is 1710. The summed E-state index contributed by atoms with van der Waals surface area (Å²) in [5, 5.41) is 63.2. The van der Waals surface area contributed by atoms with E-state index >= 15 is 0 Å². The summed E-state index contributed by atoms with van der Waals surface area (Å²) in [5.41, 5.74) is 1.49. The Morgan fingerprint density at radius 1 is 0.774 bits per heavy atom. The standard InChI is InChI=1S/C37H44O16/c1-45-25-10-18(6-8-23(25)39)7-9-30(41)52-36-31(42)24(40)17-51-37(36)50-16-22-21(15-38)34(19-11-26(46-2)32(43)27(12-19)47-3)53-35(22)20-13-28(48-4)33(44)29(14-20)49-5/h6-14,21-22,24,31,34-40,42-44H,15-17H2,1-5H3/t21-,22-,24-,31+,34+,35-,36-,37-/m1/s1. The van der Waals surface area contributed by atoms with E-state index in [1.165, 1.54) is 53.8 Å². The van der Waals surface area contributed by atoms with Crippen molar-refractivity contribution in [3.8, 4) is 46.0 Å². The topological polar surface area (TPSA) is 222 Å². The molecule has 53 heavy (non-hydrogen) atoms. The predicted octanol–water partition coefficient (Wildman–Crippen LogP) is 2.60. The van der Waals surface area contributed by atoms with Crippen LogP contribution in [0.25, 0.3) is 6.08 Å². The van der Waals surface area contributed by atoms with E-state index in [2.05, 4.69) is 0 Å². The Labute approximate surface area is 305 Å². The van der Waals surface area contributed by atoms with Gasteiger partial charge in [-0.3, -0.25) is 0 Å². The molecule has 8 atom stereocenters. The number of hydrogen-bond acceptors (Lipinski definition) is 16. The summed E-state index contributed by atoms with van der Waals surface area (Å²) in [6.07, 6.45) is -5.00. The molecule has 0 radical (unpaired) electrons. The molecule has 16 heteroatoms. The van der Waals surface area contributed by atoms with Crippen LogP contribution >= 0.6 is 0 Å². The van der Waals surface area contributed by atoms with Crippen molar-refractivity contribution >= 4 is 12.0 Å². The van der Waals surface area contributed by atoms with Crippen molar-refractivity contribution in [1.29, 1.82) is 0 Å². The normalized spacial score (nSPS) is 25.6. The zero-order valence-corrected chi connectivity index (χ0v) is 29.7. The lowest BCUT2D eigenvalue weighted by Crippen LogP contribution is -2.55. The highest BCUT2D eigenvalue weighted by Gasteiger charge is 2.48. The summed E-state index contributed by atoms with van der Waals surface area (Å²) in [6, 6.07) is 10.7. The summed E-state index contributed by atoms with van der Waals surface area (Å²) in [5.74, 6) is -2.20. The molecule has 0 aromatic heterocycles. The van der Waals surface area contributed by atoms with Gasteiger partial charge in [-0.1, -0.05) is 6.07 Å². The molecule has 0 saturated carbocycles. The molecule has 3 aromatic rings. The Hall–Kier alpha value is -4.97. The van der Waals surface area contributed by atoms with Crippen LogP contribution in [0, 0.1) is 11.8 Å². The van der Waals surface area contributed by atoms with Crippen LogP contribution < -0.4 is 23.7 Å². The van der Waals surface area contributed by atoms with E-state index in [0.717, 1.165) is 6.08 Å². The summed E-state index contributed by atoms with van der Waals surface area (Å²) in [7, 11) is 6.90. The Kier molecular flexibility index (Phi) is 12.8. The second-order valence-electron chi connectivity index (χ2n) is 12.3. The first kappa shape index (κ1) is 39.2. The highest BCUT2D eigenvalue weighted by Crippen LogP contribution is 2.53. The Morgan fingerprint density at radius 3 is 1.81 bits per heavy atom. The average molecular weight is 745 g/mol. The molecule has 288 valence electrons. The number of carbonyl (C=O) groups excluding carboxylic acids is 1. The number of phenolic OH excluding ortho intramolecular Hbond substituents is 3. The molecule has 0 unspecified atom stereocenters. The van der Waals surface area contributed by atoms with Crippen LogP contribution in [0.5, 0.6) is 46.0 Å². The van der Waals surface area contributed by atoms with E-state index in [4.69, 9.17) is 42.6 Å². The van der Waals surface area contributed by atoms with E-state index in [-0.39, 0.29) is 59.2 Å². The summed E-state index contributed by atoms with van der Waals surface area (Å²) in [4.78, 5) is 12.9. The third-order valence-corrected chi connectivity index (χ3v) is 9.24. The largest absolute Gasteiger partial charge is 0.504 e. The van der Waals surface area contributed by atoms with Crippen LogP contribution in [0.4, 0.5) is 0 Å². The predicted molar refractivity (Wildman–Crippen MR) is 184 cm³/mol. The Morgan fingerprint density at radius 2 is 1.30 bits per heavy atom. The van der Waals surface area contributed by atoms with Crippen LogP contribution in [-0.4, -0.2) is 117 Å². The van der Waals surface area contributed by atoms with Gasteiger partial charge in [0.25, 0.3) is 0 Å². The second kappa shape index (κ2) is 17.2. The van der Waals surface area contributed by atoms with Crippen molar-refractivity contribution in [3.63, 3.8) is 0 Å². The van der Waals surface area contributed by atoms with Crippen molar-refractivity contribution in [2.24, 2.45) is 11.8 Å². The minimum atomic E-state index is -1.58. The molecule has 0 bridgehead atoms. The Balaban J connectivity index is 1.45. The number of esters is 1. The number of rotatable bonds is 14. The molecule has 2 saturated heterocycles. The molecule has 16 nitrogen and oxygen atoms in total. The van der Waals surface area contributed by atoms with Gasteiger partial charge in [0.1, 0.15) is 12.2 Å². The van der Waals surface area contributed by atoms with Crippen molar-refractivity contribution < 1.29 is 78.1 Å². The number of ether oxygens (including phenoxy) is 9. The lowest BCUT2D eigenvalue weighted by atomic mass is 9.83. The number of aromatic hydroxyl groups is 3. The lowest BCUT2D eigenvalue weighted by Gasteiger charge is -2.38. The van der Waals surface area contributed by atoms with Gasteiger partial charge in [-0.05, 0) is 59.2 Å². The number of aliphatic hydroxyl groups excluding tert-OH is 3. The number of aliphatic hydroxyl groups is 3. The minimum Gasteiger partial charge on any atom is -0.504 e. The van der Waals surface area contributed by atoms with Crippen LogP contribution in [0.1, 0.15) is 28.9 Å². The van der Waals surface area contributed by atoms with Crippen LogP contribution in [0.2, 0.25) is 0 Å². The van der Waals surface area contributed by atoms with Crippen molar-refractivity contribution in [2.75, 3.05) is 55.4 Å². The fraction of sp³-hybridized carbons (Fsp3) is 0.432. The smallest absolute Gasteiger partial charge is 0.331 e. The molecular formula is C37H44O16. The van der Waals surface area contributed by atoms with E-state index in [9.17, 15) is 35.4 Å². The van der Waals surface area contributed by atoms with Crippen LogP contribution in [0.3, 0.4) is 0 Å². The van der Waals surface area contributed by atoms with Gasteiger partial charge in [0, 0.05) is 24.5 Å². The zero-order chi connectivity index (χ0) is 38.4. The molecule has 0 amide bonds. The first-order valence-corrected chi connectivity index (χ1v) is 16.5. The van der Waals surface area contributed by atoms with Gasteiger partial charge in [-0.15, -0.1) is 0 Å². The summed E-state index contributed by atoms with van der Waals surface area (Å²) >= 11 is 0. The van der Waals surface area contributed by atoms with E-state index in [1.807, 2.05) is 0 Å². The molecular weight excluding hydrogens is 700 g/mol. The number of phenols is 3. The molecule has 2 heterocycles. The lowest BCUT2D eigenvalue weighted by molar-refractivity contribution is -0.278. The summed E-state index contributed by atoms with van der Waals surface area (Å²) < 4.78 is 50.6. The van der Waals surface area contributed by atoms with Crippen molar-refractivity contribution in [3.05, 3.63) is 65.2 Å². The number of carbonyl (C=O) groups is 1. The molecule has 0 aliphatic carbocycles. The molecule has 2 fully saturated rings. The molecule has 3 aromatic carbocycles. The van der Waals surface area contributed by atoms with Gasteiger partial charge in [0.15, 0.2) is 46.9 Å². The second-order valence-corrected chi connectivity index (χ2v) is 12.3. The highest BCUT2D eigenvalue weighted by atomic mass is 16.7. The fourth-order valence-electron chi connectivity index (χ4n) is 6.44. The van der Waals surface area contributed by atoms with E-state index in [1.54, 1.807) is 30.3 Å². The van der Waals surface area contributed by atoms with Crippen molar-refractivity contribution in [2.45, 2.75) is 36.8 Å². The average Bonchev–Trinajstić information content (AvgIpc) is 3.54. The van der Waals surface area contributed by atoms with Gasteiger partial charge in [-0.25, -0.2) is 4.79 Å². The van der Waals surface area contributed by atoms with Crippen LogP contribution in [0.15, 0.2) is 48.5 Å².